The first-order chi connectivity index (χ1) is 10.4. The summed E-state index contributed by atoms with van der Waals surface area (Å²) in [5.41, 5.74) is 4.50. The number of nitrogens with zero attached hydrogens (tertiary/aromatic N) is 1. The maximum absolute atomic E-state index is 11.1. The average molecular weight is 281 g/mol. The van der Waals surface area contributed by atoms with E-state index < -0.39 is 0 Å². The number of amides is 1. The van der Waals surface area contributed by atoms with E-state index in [1.54, 1.807) is 4.90 Å². The molecule has 21 heavy (non-hydrogen) atoms. The van der Waals surface area contributed by atoms with Crippen LogP contribution in [0.4, 0.5) is 5.69 Å². The predicted octanol–water partition coefficient (Wildman–Crippen LogP) is 2.64. The fourth-order valence-electron chi connectivity index (χ4n) is 3.05. The van der Waals surface area contributed by atoms with Gasteiger partial charge in [-0.15, -0.1) is 0 Å². The summed E-state index contributed by atoms with van der Waals surface area (Å²) in [6.07, 6.45) is 1.79. The van der Waals surface area contributed by atoms with Crippen LogP contribution in [0.5, 0.6) is 11.5 Å². The lowest BCUT2D eigenvalue weighted by molar-refractivity contribution is -0.107. The normalized spacial score (nSPS) is 15.7. The van der Waals surface area contributed by atoms with Gasteiger partial charge in [0.05, 0.1) is 0 Å². The van der Waals surface area contributed by atoms with Crippen molar-refractivity contribution in [3.63, 3.8) is 0 Å². The molecular weight excluding hydrogens is 266 g/mol. The summed E-state index contributed by atoms with van der Waals surface area (Å²) in [4.78, 5) is 12.9. The summed E-state index contributed by atoms with van der Waals surface area (Å²) >= 11 is 0. The van der Waals surface area contributed by atoms with Crippen LogP contribution in [0.25, 0.3) is 11.1 Å². The minimum absolute atomic E-state index is 0.586. The van der Waals surface area contributed by atoms with E-state index in [-0.39, 0.29) is 0 Å². The molecule has 0 spiro atoms. The number of carbonyl (C=O) groups excluding carboxylic acids is 1. The first-order valence-electron chi connectivity index (χ1n) is 7.10. The third-order valence-electron chi connectivity index (χ3n) is 4.04. The van der Waals surface area contributed by atoms with Crippen LogP contribution in [0.2, 0.25) is 0 Å². The Balaban J connectivity index is 1.81. The number of rotatable bonds is 2. The van der Waals surface area contributed by atoms with Gasteiger partial charge >= 0.3 is 0 Å². The second-order valence-corrected chi connectivity index (χ2v) is 5.21. The smallest absolute Gasteiger partial charge is 0.214 e. The summed E-state index contributed by atoms with van der Waals surface area (Å²) in [6, 6.07) is 12.1. The largest absolute Gasteiger partial charge is 0.486 e. The lowest BCUT2D eigenvalue weighted by atomic mass is 9.97. The van der Waals surface area contributed by atoms with Crippen molar-refractivity contribution in [2.75, 3.05) is 24.7 Å². The Morgan fingerprint density at radius 2 is 1.90 bits per heavy atom. The van der Waals surface area contributed by atoms with E-state index in [1.165, 1.54) is 5.56 Å². The van der Waals surface area contributed by atoms with Crippen molar-refractivity contribution in [3.8, 4) is 22.6 Å². The zero-order valence-corrected chi connectivity index (χ0v) is 11.5. The standard InChI is InChI=1S/C17H15NO3/c19-11-18-7-6-14-13(2-1-3-15(14)18)12-4-5-16-17(10-12)21-9-8-20-16/h1-5,10-11H,6-9H2. The van der Waals surface area contributed by atoms with E-state index in [0.717, 1.165) is 47.7 Å². The molecule has 0 aromatic heterocycles. The Bertz CT molecular complexity index is 711. The van der Waals surface area contributed by atoms with E-state index in [0.29, 0.717) is 13.2 Å². The summed E-state index contributed by atoms with van der Waals surface area (Å²) in [5.74, 6) is 1.59. The van der Waals surface area contributed by atoms with Crippen molar-refractivity contribution >= 4 is 12.1 Å². The van der Waals surface area contributed by atoms with Crippen molar-refractivity contribution in [2.24, 2.45) is 0 Å². The molecule has 0 saturated heterocycles. The van der Waals surface area contributed by atoms with E-state index >= 15 is 0 Å². The molecule has 0 fully saturated rings. The SMILES string of the molecule is O=CN1CCc2c(-c3ccc4c(c3)OCCO4)cccc21. The van der Waals surface area contributed by atoms with E-state index in [4.69, 9.17) is 9.47 Å². The van der Waals surface area contributed by atoms with Crippen LogP contribution in [0.1, 0.15) is 5.56 Å². The van der Waals surface area contributed by atoms with Gasteiger partial charge in [0.25, 0.3) is 0 Å². The molecule has 106 valence electrons. The molecule has 0 saturated carbocycles. The molecular formula is C17H15NO3. The summed E-state index contributed by atoms with van der Waals surface area (Å²) in [7, 11) is 0. The molecule has 4 rings (SSSR count). The van der Waals surface area contributed by atoms with Gasteiger partial charge in [-0.2, -0.15) is 0 Å². The number of anilines is 1. The highest BCUT2D eigenvalue weighted by Crippen LogP contribution is 2.39. The van der Waals surface area contributed by atoms with Gasteiger partial charge in [-0.05, 0) is 41.3 Å². The van der Waals surface area contributed by atoms with Crippen LogP contribution in [0, 0.1) is 0 Å². The summed E-state index contributed by atoms with van der Waals surface area (Å²) in [6.45, 7) is 1.93. The Morgan fingerprint density at radius 3 is 2.76 bits per heavy atom. The Morgan fingerprint density at radius 1 is 1.05 bits per heavy atom. The number of fused-ring (bicyclic) bond motifs is 2. The quantitative estimate of drug-likeness (QED) is 0.794. The number of benzene rings is 2. The first-order valence-corrected chi connectivity index (χ1v) is 7.10. The van der Waals surface area contributed by atoms with Gasteiger partial charge in [0, 0.05) is 12.2 Å². The van der Waals surface area contributed by atoms with Crippen molar-refractivity contribution in [1.29, 1.82) is 0 Å². The average Bonchev–Trinajstić information content (AvgIpc) is 2.97. The minimum atomic E-state index is 0.586. The van der Waals surface area contributed by atoms with Gasteiger partial charge < -0.3 is 14.4 Å². The molecule has 1 amide bonds. The van der Waals surface area contributed by atoms with Gasteiger partial charge in [-0.3, -0.25) is 4.79 Å². The molecule has 0 N–H and O–H groups in total. The van der Waals surface area contributed by atoms with E-state index in [2.05, 4.69) is 6.07 Å². The monoisotopic (exact) mass is 281 g/mol. The van der Waals surface area contributed by atoms with Gasteiger partial charge in [0.15, 0.2) is 11.5 Å². The Hall–Kier alpha value is -2.49. The molecule has 2 aliphatic rings. The molecule has 4 heteroatoms. The maximum atomic E-state index is 11.1. The number of ether oxygens (including phenoxy) is 2. The van der Waals surface area contributed by atoms with Crippen LogP contribution in [-0.2, 0) is 11.2 Å². The fourth-order valence-corrected chi connectivity index (χ4v) is 3.05. The maximum Gasteiger partial charge on any atom is 0.214 e. The van der Waals surface area contributed by atoms with Gasteiger partial charge in [-0.25, -0.2) is 0 Å². The molecule has 0 atom stereocenters. The molecule has 2 aromatic carbocycles. The third kappa shape index (κ3) is 1.95. The Labute approximate surface area is 122 Å². The lowest BCUT2D eigenvalue weighted by Crippen LogP contribution is -2.17. The molecule has 0 radical (unpaired) electrons. The highest BCUT2D eigenvalue weighted by molar-refractivity contribution is 5.85. The van der Waals surface area contributed by atoms with Gasteiger partial charge in [-0.1, -0.05) is 18.2 Å². The van der Waals surface area contributed by atoms with Crippen molar-refractivity contribution in [3.05, 3.63) is 42.0 Å². The number of hydrogen-bond acceptors (Lipinski definition) is 3. The third-order valence-corrected chi connectivity index (χ3v) is 4.04. The minimum Gasteiger partial charge on any atom is -0.486 e. The van der Waals surface area contributed by atoms with E-state index in [1.807, 2.05) is 30.3 Å². The van der Waals surface area contributed by atoms with Crippen LogP contribution < -0.4 is 14.4 Å². The zero-order chi connectivity index (χ0) is 14.2. The Kier molecular flexibility index (Phi) is 2.81. The second-order valence-electron chi connectivity index (χ2n) is 5.21. The van der Waals surface area contributed by atoms with Crippen LogP contribution in [-0.4, -0.2) is 26.2 Å². The predicted molar refractivity (Wildman–Crippen MR) is 80.0 cm³/mol. The topological polar surface area (TPSA) is 38.8 Å². The molecule has 0 unspecified atom stereocenters. The van der Waals surface area contributed by atoms with Gasteiger partial charge in [0.1, 0.15) is 13.2 Å². The fraction of sp³-hybridized carbons (Fsp3) is 0.235. The van der Waals surface area contributed by atoms with Crippen molar-refractivity contribution in [1.82, 2.24) is 0 Å². The highest BCUT2D eigenvalue weighted by Gasteiger charge is 2.22. The van der Waals surface area contributed by atoms with Crippen LogP contribution in [0.3, 0.4) is 0 Å². The first kappa shape index (κ1) is 12.3. The molecule has 0 bridgehead atoms. The molecule has 2 aromatic rings. The highest BCUT2D eigenvalue weighted by atomic mass is 16.6. The summed E-state index contributed by atoms with van der Waals surface area (Å²) in [5, 5.41) is 0. The molecule has 2 aliphatic heterocycles. The van der Waals surface area contributed by atoms with Crippen molar-refractivity contribution < 1.29 is 14.3 Å². The molecule has 2 heterocycles. The number of hydrogen-bond donors (Lipinski definition) is 0. The van der Waals surface area contributed by atoms with Gasteiger partial charge in [0.2, 0.25) is 6.41 Å². The van der Waals surface area contributed by atoms with Crippen LogP contribution in [0.15, 0.2) is 36.4 Å². The zero-order valence-electron chi connectivity index (χ0n) is 11.5. The summed E-state index contributed by atoms with van der Waals surface area (Å²) < 4.78 is 11.2. The van der Waals surface area contributed by atoms with Crippen LogP contribution >= 0.6 is 0 Å². The molecule has 0 aliphatic carbocycles. The van der Waals surface area contributed by atoms with E-state index in [9.17, 15) is 4.79 Å². The lowest BCUT2D eigenvalue weighted by Gasteiger charge is -2.19. The molecule has 4 nitrogen and oxygen atoms in total. The number of carbonyl (C=O) groups is 1. The second kappa shape index (κ2) is 4.81. The van der Waals surface area contributed by atoms with Crippen molar-refractivity contribution in [2.45, 2.75) is 6.42 Å².